The van der Waals surface area contributed by atoms with E-state index < -0.39 is 0 Å². The van der Waals surface area contributed by atoms with E-state index in [1.54, 1.807) is 12.3 Å². The molecule has 2 N–H and O–H groups in total. The predicted octanol–water partition coefficient (Wildman–Crippen LogP) is 2.03. The largest absolute Gasteiger partial charge is 0.385 e. The second-order valence-corrected chi connectivity index (χ2v) is 4.09. The van der Waals surface area contributed by atoms with Crippen LogP contribution in [0.1, 0.15) is 23.4 Å². The number of anilines is 1. The molecule has 0 fully saturated rings. The molecule has 18 heavy (non-hydrogen) atoms. The van der Waals surface area contributed by atoms with E-state index in [2.05, 4.69) is 20.5 Å². The summed E-state index contributed by atoms with van der Waals surface area (Å²) in [6.45, 7) is 2.89. The van der Waals surface area contributed by atoms with E-state index in [-0.39, 0.29) is 0 Å². The molecule has 0 bridgehead atoms. The molecule has 0 aromatic carbocycles. The molecule has 0 spiro atoms. The number of nitrogens with one attached hydrogen (secondary N) is 2. The molecule has 0 saturated heterocycles. The van der Waals surface area contributed by atoms with E-state index in [9.17, 15) is 0 Å². The second kappa shape index (κ2) is 5.82. The number of hydrogen-bond donors (Lipinski definition) is 2. The zero-order valence-corrected chi connectivity index (χ0v) is 10.3. The number of aryl methyl sites for hydroxylation is 2. The lowest BCUT2D eigenvalue weighted by atomic mass is 10.1. The summed E-state index contributed by atoms with van der Waals surface area (Å²) in [6.07, 6.45) is 5.52. The van der Waals surface area contributed by atoms with Crippen molar-refractivity contribution in [1.29, 1.82) is 5.26 Å². The van der Waals surface area contributed by atoms with E-state index in [0.717, 1.165) is 30.8 Å². The summed E-state index contributed by atoms with van der Waals surface area (Å²) >= 11 is 0. The lowest BCUT2D eigenvalue weighted by Crippen LogP contribution is -2.03. The van der Waals surface area contributed by atoms with Gasteiger partial charge in [-0.1, -0.05) is 0 Å². The van der Waals surface area contributed by atoms with Crippen molar-refractivity contribution in [1.82, 2.24) is 15.2 Å². The van der Waals surface area contributed by atoms with E-state index in [1.807, 2.05) is 25.3 Å². The average Bonchev–Trinajstić information content (AvgIpc) is 2.81. The maximum Gasteiger partial charge on any atom is 0.142 e. The van der Waals surface area contributed by atoms with Gasteiger partial charge in [-0.2, -0.15) is 10.4 Å². The molecule has 2 aromatic rings. The first-order chi connectivity index (χ1) is 8.79. The Hall–Kier alpha value is -2.35. The summed E-state index contributed by atoms with van der Waals surface area (Å²) in [6, 6.07) is 5.64. The summed E-state index contributed by atoms with van der Waals surface area (Å²) in [5.74, 6) is 0. The van der Waals surface area contributed by atoms with Crippen LogP contribution in [0.4, 0.5) is 5.69 Å². The van der Waals surface area contributed by atoms with Crippen LogP contribution in [0.5, 0.6) is 0 Å². The number of nitrogens with zero attached hydrogens (tertiary/aromatic N) is 3. The van der Waals surface area contributed by atoms with E-state index >= 15 is 0 Å². The molecule has 0 saturated carbocycles. The quantitative estimate of drug-likeness (QED) is 0.785. The van der Waals surface area contributed by atoms with Gasteiger partial charge in [0.25, 0.3) is 0 Å². The second-order valence-electron chi connectivity index (χ2n) is 4.09. The minimum absolute atomic E-state index is 0.436. The van der Waals surface area contributed by atoms with Crippen LogP contribution in [-0.2, 0) is 6.42 Å². The van der Waals surface area contributed by atoms with Crippen LogP contribution in [0, 0.1) is 18.3 Å². The number of pyridine rings is 1. The van der Waals surface area contributed by atoms with E-state index in [1.165, 1.54) is 5.56 Å². The minimum atomic E-state index is 0.436. The maximum atomic E-state index is 8.74. The number of hydrogen-bond acceptors (Lipinski definition) is 4. The lowest BCUT2D eigenvalue weighted by molar-refractivity contribution is 0.857. The number of nitriles is 1. The van der Waals surface area contributed by atoms with Gasteiger partial charge in [0.15, 0.2) is 0 Å². The van der Waals surface area contributed by atoms with Crippen molar-refractivity contribution in [2.24, 2.45) is 0 Å². The zero-order chi connectivity index (χ0) is 12.8. The van der Waals surface area contributed by atoms with E-state index in [4.69, 9.17) is 5.26 Å². The fourth-order valence-electron chi connectivity index (χ4n) is 1.74. The summed E-state index contributed by atoms with van der Waals surface area (Å²) in [5, 5.41) is 18.9. The third-order valence-electron chi connectivity index (χ3n) is 2.76. The third kappa shape index (κ3) is 3.08. The van der Waals surface area contributed by atoms with Gasteiger partial charge in [-0.25, -0.2) is 4.98 Å². The van der Waals surface area contributed by atoms with Crippen molar-refractivity contribution in [3.05, 3.63) is 41.5 Å². The molecule has 2 aromatic heterocycles. The van der Waals surface area contributed by atoms with Gasteiger partial charge >= 0.3 is 0 Å². The van der Waals surface area contributed by atoms with E-state index in [0.29, 0.717) is 5.69 Å². The molecule has 2 rings (SSSR count). The molecule has 0 amide bonds. The molecule has 0 aliphatic heterocycles. The van der Waals surface area contributed by atoms with Crippen LogP contribution in [-0.4, -0.2) is 21.7 Å². The Morgan fingerprint density at radius 1 is 1.50 bits per heavy atom. The monoisotopic (exact) mass is 241 g/mol. The lowest BCUT2D eigenvalue weighted by Gasteiger charge is -2.05. The maximum absolute atomic E-state index is 8.74. The Morgan fingerprint density at radius 3 is 3.11 bits per heavy atom. The fourth-order valence-corrected chi connectivity index (χ4v) is 1.74. The van der Waals surface area contributed by atoms with Gasteiger partial charge in [-0.05, 0) is 37.5 Å². The van der Waals surface area contributed by atoms with Crippen molar-refractivity contribution >= 4 is 5.69 Å². The molecule has 0 aliphatic carbocycles. The van der Waals surface area contributed by atoms with Crippen molar-refractivity contribution < 1.29 is 0 Å². The van der Waals surface area contributed by atoms with Gasteiger partial charge in [0.05, 0.1) is 6.20 Å². The SMILES string of the molecule is Cc1[nH]ncc1CCCNc1ccnc(C#N)c1. The molecule has 0 unspecified atom stereocenters. The van der Waals surface area contributed by atoms with Crippen molar-refractivity contribution in [3.8, 4) is 6.07 Å². The average molecular weight is 241 g/mol. The fraction of sp³-hybridized carbons (Fsp3) is 0.308. The van der Waals surface area contributed by atoms with Gasteiger partial charge in [0.2, 0.25) is 0 Å². The van der Waals surface area contributed by atoms with Crippen LogP contribution in [0.25, 0.3) is 0 Å². The highest BCUT2D eigenvalue weighted by Gasteiger charge is 2.00. The highest BCUT2D eigenvalue weighted by Crippen LogP contribution is 2.09. The molecular formula is C13H15N5. The van der Waals surface area contributed by atoms with Crippen molar-refractivity contribution in [2.75, 3.05) is 11.9 Å². The first-order valence-electron chi connectivity index (χ1n) is 5.88. The first-order valence-corrected chi connectivity index (χ1v) is 5.88. The van der Waals surface area contributed by atoms with Crippen LogP contribution in [0.2, 0.25) is 0 Å². The Morgan fingerprint density at radius 2 is 2.39 bits per heavy atom. The summed E-state index contributed by atoms with van der Waals surface area (Å²) < 4.78 is 0. The predicted molar refractivity (Wildman–Crippen MR) is 69.1 cm³/mol. The number of rotatable bonds is 5. The topological polar surface area (TPSA) is 77.4 Å². The number of H-pyrrole nitrogens is 1. The molecule has 0 radical (unpaired) electrons. The van der Waals surface area contributed by atoms with Gasteiger partial charge in [0, 0.05) is 24.1 Å². The highest BCUT2D eigenvalue weighted by molar-refractivity contribution is 5.45. The molecule has 92 valence electrons. The van der Waals surface area contributed by atoms with Crippen molar-refractivity contribution in [2.45, 2.75) is 19.8 Å². The minimum Gasteiger partial charge on any atom is -0.385 e. The van der Waals surface area contributed by atoms with Gasteiger partial charge in [0.1, 0.15) is 11.8 Å². The molecule has 5 nitrogen and oxygen atoms in total. The Kier molecular flexibility index (Phi) is 3.92. The van der Waals surface area contributed by atoms with Crippen LogP contribution in [0.3, 0.4) is 0 Å². The normalized spacial score (nSPS) is 10.0. The smallest absolute Gasteiger partial charge is 0.142 e. The zero-order valence-electron chi connectivity index (χ0n) is 10.3. The standard InChI is InChI=1S/C13H15N5/c1-10-11(9-17-18-10)3-2-5-15-12-4-6-16-13(7-12)8-14/h4,6-7,9H,2-3,5H2,1H3,(H,15,16)(H,17,18). The third-order valence-corrected chi connectivity index (χ3v) is 2.76. The Balaban J connectivity index is 1.79. The van der Waals surface area contributed by atoms with Crippen molar-refractivity contribution in [3.63, 3.8) is 0 Å². The van der Waals surface area contributed by atoms with Crippen LogP contribution in [0.15, 0.2) is 24.5 Å². The Bertz CT molecular complexity index is 553. The Labute approximate surface area is 106 Å². The van der Waals surface area contributed by atoms with Crippen LogP contribution < -0.4 is 5.32 Å². The highest BCUT2D eigenvalue weighted by atomic mass is 15.1. The molecular weight excluding hydrogens is 226 g/mol. The van der Waals surface area contributed by atoms with Gasteiger partial charge in [-0.3, -0.25) is 5.10 Å². The molecule has 0 aliphatic rings. The summed E-state index contributed by atoms with van der Waals surface area (Å²) in [7, 11) is 0. The summed E-state index contributed by atoms with van der Waals surface area (Å²) in [4.78, 5) is 3.92. The molecule has 5 heteroatoms. The van der Waals surface area contributed by atoms with Crippen LogP contribution >= 0.6 is 0 Å². The first kappa shape index (κ1) is 12.1. The molecule has 0 atom stereocenters. The molecule has 2 heterocycles. The van der Waals surface area contributed by atoms with Gasteiger partial charge < -0.3 is 5.32 Å². The summed E-state index contributed by atoms with van der Waals surface area (Å²) in [5.41, 5.74) is 3.76. The number of aromatic amines is 1. The number of aromatic nitrogens is 3. The van der Waals surface area contributed by atoms with Gasteiger partial charge in [-0.15, -0.1) is 0 Å².